The summed E-state index contributed by atoms with van der Waals surface area (Å²) in [6.45, 7) is 9.04. The fraction of sp³-hybridized carbons (Fsp3) is 0.722. The Balaban J connectivity index is 1.63. The van der Waals surface area contributed by atoms with E-state index in [4.69, 9.17) is 4.52 Å². The van der Waals surface area contributed by atoms with E-state index in [-0.39, 0.29) is 23.3 Å². The van der Waals surface area contributed by atoms with Crippen LogP contribution < -0.4 is 5.32 Å². The Labute approximate surface area is 154 Å². The number of aromatic nitrogens is 1. The molecule has 3 heterocycles. The number of hydrogen-bond acceptors (Lipinski definition) is 5. The first-order chi connectivity index (χ1) is 12.3. The number of carbonyl (C=O) groups is 2. The summed E-state index contributed by atoms with van der Waals surface area (Å²) in [5, 5.41) is 9.84. The van der Waals surface area contributed by atoms with Crippen molar-refractivity contribution in [2.24, 2.45) is 5.92 Å². The summed E-state index contributed by atoms with van der Waals surface area (Å²) in [6, 6.07) is 1.39. The van der Waals surface area contributed by atoms with Crippen LogP contribution in [0.5, 0.6) is 0 Å². The number of rotatable bonds is 2. The Bertz CT molecular complexity index is 658. The van der Waals surface area contributed by atoms with Crippen LogP contribution in [0.1, 0.15) is 45.7 Å². The van der Waals surface area contributed by atoms with E-state index in [0.717, 1.165) is 38.0 Å². The number of anilines is 1. The molecule has 2 aliphatic heterocycles. The van der Waals surface area contributed by atoms with Crippen molar-refractivity contribution in [2.75, 3.05) is 38.5 Å². The molecule has 0 aliphatic carbocycles. The van der Waals surface area contributed by atoms with Gasteiger partial charge >= 0.3 is 6.03 Å². The number of amides is 3. The minimum absolute atomic E-state index is 0.00243. The molecule has 2 aliphatic rings. The van der Waals surface area contributed by atoms with E-state index in [1.807, 2.05) is 20.8 Å². The highest BCUT2D eigenvalue weighted by Crippen LogP contribution is 2.25. The SMILES string of the molecule is CN1CCC(C(=O)N2CCCN2C(=O)Nc2cc(C(C)(C)C)no2)CC1. The highest BCUT2D eigenvalue weighted by Gasteiger charge is 2.36. The molecule has 144 valence electrons. The maximum Gasteiger partial charge on any atom is 0.343 e. The molecule has 0 atom stereocenters. The van der Waals surface area contributed by atoms with E-state index in [2.05, 4.69) is 22.4 Å². The first-order valence-electron chi connectivity index (χ1n) is 9.31. The fourth-order valence-corrected chi connectivity index (χ4v) is 3.38. The molecule has 0 unspecified atom stereocenters. The molecular weight excluding hydrogens is 334 g/mol. The Morgan fingerprint density at radius 1 is 1.15 bits per heavy atom. The number of likely N-dealkylation sites (tertiary alicyclic amines) is 1. The molecule has 0 saturated carbocycles. The summed E-state index contributed by atoms with van der Waals surface area (Å²) < 4.78 is 5.23. The second-order valence-corrected chi connectivity index (χ2v) is 8.27. The number of urea groups is 1. The molecule has 0 spiro atoms. The van der Waals surface area contributed by atoms with Crippen LogP contribution in [-0.2, 0) is 10.2 Å². The summed E-state index contributed by atoms with van der Waals surface area (Å²) >= 11 is 0. The highest BCUT2D eigenvalue weighted by molar-refractivity contribution is 5.90. The zero-order chi connectivity index (χ0) is 18.9. The average molecular weight is 363 g/mol. The van der Waals surface area contributed by atoms with Crippen molar-refractivity contribution in [1.82, 2.24) is 20.1 Å². The zero-order valence-electron chi connectivity index (χ0n) is 16.1. The van der Waals surface area contributed by atoms with Gasteiger partial charge < -0.3 is 9.42 Å². The molecule has 0 bridgehead atoms. The third-order valence-corrected chi connectivity index (χ3v) is 5.10. The molecule has 2 fully saturated rings. The third kappa shape index (κ3) is 4.00. The molecule has 26 heavy (non-hydrogen) atoms. The maximum absolute atomic E-state index is 12.9. The number of hydrogen-bond donors (Lipinski definition) is 1. The van der Waals surface area contributed by atoms with Crippen LogP contribution in [0.15, 0.2) is 10.6 Å². The van der Waals surface area contributed by atoms with Gasteiger partial charge in [0, 0.05) is 30.5 Å². The Morgan fingerprint density at radius 2 is 1.81 bits per heavy atom. The second kappa shape index (κ2) is 7.26. The normalized spacial score (nSPS) is 19.8. The Kier molecular flexibility index (Phi) is 5.22. The van der Waals surface area contributed by atoms with Gasteiger partial charge in [-0.3, -0.25) is 10.1 Å². The lowest BCUT2D eigenvalue weighted by Crippen LogP contribution is -2.50. The molecule has 1 aromatic rings. The lowest BCUT2D eigenvalue weighted by molar-refractivity contribution is -0.145. The Hall–Kier alpha value is -2.09. The lowest BCUT2D eigenvalue weighted by Gasteiger charge is -2.34. The van der Waals surface area contributed by atoms with Crippen molar-refractivity contribution in [3.05, 3.63) is 11.8 Å². The maximum atomic E-state index is 12.9. The van der Waals surface area contributed by atoms with E-state index < -0.39 is 0 Å². The van der Waals surface area contributed by atoms with Gasteiger partial charge in [0.15, 0.2) is 0 Å². The van der Waals surface area contributed by atoms with Crippen LogP contribution in [0.4, 0.5) is 10.7 Å². The molecule has 2 saturated heterocycles. The van der Waals surface area contributed by atoms with Crippen molar-refractivity contribution in [2.45, 2.75) is 45.4 Å². The minimum atomic E-state index is -0.347. The van der Waals surface area contributed by atoms with Gasteiger partial charge in [0.05, 0.1) is 5.69 Å². The molecule has 3 amide bonds. The van der Waals surface area contributed by atoms with Gasteiger partial charge in [-0.25, -0.2) is 14.8 Å². The van der Waals surface area contributed by atoms with Crippen molar-refractivity contribution in [3.8, 4) is 0 Å². The number of nitrogens with zero attached hydrogens (tertiary/aromatic N) is 4. The topological polar surface area (TPSA) is 81.9 Å². The van der Waals surface area contributed by atoms with Crippen molar-refractivity contribution in [1.29, 1.82) is 0 Å². The molecule has 1 N–H and O–H groups in total. The van der Waals surface area contributed by atoms with Crippen LogP contribution in [0, 0.1) is 5.92 Å². The molecule has 1 aromatic heterocycles. The Morgan fingerprint density at radius 3 is 2.42 bits per heavy atom. The predicted octanol–water partition coefficient (Wildman–Crippen LogP) is 2.30. The van der Waals surface area contributed by atoms with Crippen LogP contribution in [0.2, 0.25) is 0 Å². The van der Waals surface area contributed by atoms with Gasteiger partial charge in [-0.15, -0.1) is 0 Å². The molecule has 0 radical (unpaired) electrons. The minimum Gasteiger partial charge on any atom is -0.338 e. The number of nitrogens with one attached hydrogen (secondary N) is 1. The summed E-state index contributed by atoms with van der Waals surface area (Å²) in [7, 11) is 2.07. The summed E-state index contributed by atoms with van der Waals surface area (Å²) in [5.74, 6) is 0.356. The van der Waals surface area contributed by atoms with Gasteiger partial charge in [-0.1, -0.05) is 25.9 Å². The number of carbonyl (C=O) groups excluding carboxylic acids is 2. The largest absolute Gasteiger partial charge is 0.343 e. The van der Waals surface area contributed by atoms with Crippen LogP contribution >= 0.6 is 0 Å². The molecule has 8 heteroatoms. The molecule has 8 nitrogen and oxygen atoms in total. The van der Waals surface area contributed by atoms with E-state index >= 15 is 0 Å². The molecule has 0 aromatic carbocycles. The van der Waals surface area contributed by atoms with E-state index in [0.29, 0.717) is 19.0 Å². The van der Waals surface area contributed by atoms with E-state index in [1.165, 1.54) is 5.01 Å². The number of hydrazine groups is 1. The quantitative estimate of drug-likeness (QED) is 0.872. The smallest absolute Gasteiger partial charge is 0.338 e. The van der Waals surface area contributed by atoms with E-state index in [9.17, 15) is 9.59 Å². The molecular formula is C18H29N5O3. The first-order valence-corrected chi connectivity index (χ1v) is 9.31. The van der Waals surface area contributed by atoms with Crippen LogP contribution in [0.25, 0.3) is 0 Å². The van der Waals surface area contributed by atoms with E-state index in [1.54, 1.807) is 11.1 Å². The summed E-state index contributed by atoms with van der Waals surface area (Å²) in [5.41, 5.74) is 0.615. The van der Waals surface area contributed by atoms with Gasteiger partial charge in [-0.2, -0.15) is 0 Å². The lowest BCUT2D eigenvalue weighted by atomic mass is 9.92. The van der Waals surface area contributed by atoms with Crippen LogP contribution in [-0.4, -0.2) is 65.2 Å². The third-order valence-electron chi connectivity index (χ3n) is 5.10. The second-order valence-electron chi connectivity index (χ2n) is 8.27. The van der Waals surface area contributed by atoms with Gasteiger partial charge in [0.1, 0.15) is 0 Å². The van der Waals surface area contributed by atoms with Crippen molar-refractivity contribution in [3.63, 3.8) is 0 Å². The standard InChI is InChI=1S/C18H29N5O3/c1-18(2,3)14-12-15(26-20-14)19-17(25)23-9-5-8-22(23)16(24)13-6-10-21(4)11-7-13/h12-13H,5-11H2,1-4H3,(H,19,25). The van der Waals surface area contributed by atoms with Gasteiger partial charge in [0.2, 0.25) is 11.8 Å². The monoisotopic (exact) mass is 363 g/mol. The number of piperidine rings is 1. The molecule has 3 rings (SSSR count). The average Bonchev–Trinajstić information content (AvgIpc) is 3.23. The van der Waals surface area contributed by atoms with Gasteiger partial charge in [-0.05, 0) is 39.4 Å². The van der Waals surface area contributed by atoms with Crippen LogP contribution in [0.3, 0.4) is 0 Å². The van der Waals surface area contributed by atoms with Crippen molar-refractivity contribution >= 4 is 17.8 Å². The summed E-state index contributed by atoms with van der Waals surface area (Å²) in [4.78, 5) is 27.7. The predicted molar refractivity (Wildman–Crippen MR) is 97.5 cm³/mol. The summed E-state index contributed by atoms with van der Waals surface area (Å²) in [6.07, 6.45) is 2.48. The highest BCUT2D eigenvalue weighted by atomic mass is 16.5. The fourth-order valence-electron chi connectivity index (χ4n) is 3.38. The first kappa shape index (κ1) is 18.7. The van der Waals surface area contributed by atoms with Gasteiger partial charge in [0.25, 0.3) is 0 Å². The van der Waals surface area contributed by atoms with Crippen molar-refractivity contribution < 1.29 is 14.1 Å². The zero-order valence-corrected chi connectivity index (χ0v) is 16.1.